The number of para-hydroxylation sites is 1. The first-order chi connectivity index (χ1) is 14.0. The van der Waals surface area contributed by atoms with Crippen LogP contribution in [0.5, 0.6) is 5.75 Å². The molecule has 0 spiro atoms. The molecule has 1 aromatic carbocycles. The van der Waals surface area contributed by atoms with Gasteiger partial charge in [-0.05, 0) is 12.1 Å². The number of halogens is 3. The van der Waals surface area contributed by atoms with Crippen LogP contribution < -0.4 is 15.9 Å². The molecular weight excluding hydrogens is 414 g/mol. The van der Waals surface area contributed by atoms with Gasteiger partial charge in [0.1, 0.15) is 30.1 Å². The van der Waals surface area contributed by atoms with Crippen molar-refractivity contribution in [2.75, 3.05) is 19.3 Å². The molecule has 0 aliphatic carbocycles. The van der Waals surface area contributed by atoms with E-state index >= 15 is 0 Å². The molecule has 2 N–H and O–H groups in total. The molecule has 1 aromatic heterocycles. The number of benzene rings is 1. The molecule has 4 atom stereocenters. The Kier molecular flexibility index (Phi) is 7.43. The van der Waals surface area contributed by atoms with Gasteiger partial charge in [0.15, 0.2) is 0 Å². The average Bonchev–Trinajstić information content (AvgIpc) is 3.07. The minimum atomic E-state index is -1.75. The van der Waals surface area contributed by atoms with Crippen molar-refractivity contribution in [2.45, 2.75) is 31.5 Å². The quantitative estimate of drug-likeness (QED) is 0.740. The fourth-order valence-corrected chi connectivity index (χ4v) is 3.83. The molecule has 8 nitrogen and oxygen atoms in total. The Morgan fingerprint density at radius 2 is 2.07 bits per heavy atom. The van der Waals surface area contributed by atoms with Crippen LogP contribution in [0.3, 0.4) is 0 Å². The van der Waals surface area contributed by atoms with Gasteiger partial charge < -0.3 is 15.0 Å². The summed E-state index contributed by atoms with van der Waals surface area (Å²) < 4.78 is 57.1. The number of rotatable bonds is 4. The lowest BCUT2D eigenvalue weighted by atomic mass is 10.2. The van der Waals surface area contributed by atoms with Gasteiger partial charge in [-0.2, -0.15) is 4.98 Å². The number of anilines is 1. The SMILES string of the molecule is FCF.Nc1ccn(C2CC(F)C(COP3OCc4ccccc4O3)O2)c(=O)n1. The molecule has 29 heavy (non-hydrogen) atoms. The molecule has 3 heterocycles. The third kappa shape index (κ3) is 5.45. The first-order valence-electron chi connectivity index (χ1n) is 8.59. The van der Waals surface area contributed by atoms with Gasteiger partial charge in [0.05, 0.1) is 13.2 Å². The van der Waals surface area contributed by atoms with Crippen molar-refractivity contribution in [3.63, 3.8) is 0 Å². The van der Waals surface area contributed by atoms with Crippen LogP contribution in [0.1, 0.15) is 18.2 Å². The van der Waals surface area contributed by atoms with E-state index in [1.165, 1.54) is 16.8 Å². The summed E-state index contributed by atoms with van der Waals surface area (Å²) in [6.07, 6.45) is -1.38. The standard InChI is InChI=1S/C16H17FN3O5P.CH2F2/c17-11-7-15(20-6-5-14(18)19-16(20)21)24-13(11)9-23-26-22-8-10-3-1-2-4-12(10)25-26;2-1-3/h1-6,11,13,15H,7-9H2,(H2,18,19,21);1H2. The summed E-state index contributed by atoms with van der Waals surface area (Å²) in [5, 5.41) is 0. The lowest BCUT2D eigenvalue weighted by Crippen LogP contribution is -2.28. The van der Waals surface area contributed by atoms with Gasteiger partial charge in [-0.15, -0.1) is 0 Å². The first-order valence-corrected chi connectivity index (χ1v) is 9.69. The Balaban J connectivity index is 0.000000755. The normalized spacial score (nSPS) is 25.5. The average molecular weight is 433 g/mol. The summed E-state index contributed by atoms with van der Waals surface area (Å²) in [5.41, 5.74) is 5.82. The van der Waals surface area contributed by atoms with E-state index in [0.29, 0.717) is 12.4 Å². The Morgan fingerprint density at radius 1 is 1.31 bits per heavy atom. The van der Waals surface area contributed by atoms with Crippen LogP contribution in [0.25, 0.3) is 0 Å². The van der Waals surface area contributed by atoms with E-state index in [-0.39, 0.29) is 18.8 Å². The lowest BCUT2D eigenvalue weighted by molar-refractivity contribution is -0.0335. The third-order valence-corrected chi connectivity index (χ3v) is 5.18. The number of aromatic nitrogens is 2. The molecule has 1 saturated heterocycles. The molecule has 2 aliphatic rings. The molecule has 4 rings (SSSR count). The fraction of sp³-hybridized carbons (Fsp3) is 0.412. The number of hydrogen-bond donors (Lipinski definition) is 1. The summed E-state index contributed by atoms with van der Waals surface area (Å²) in [6, 6.07) is 8.96. The zero-order valence-corrected chi connectivity index (χ0v) is 16.0. The highest BCUT2D eigenvalue weighted by Gasteiger charge is 2.38. The number of alkyl halides is 3. The monoisotopic (exact) mass is 433 g/mol. The van der Waals surface area contributed by atoms with E-state index in [4.69, 9.17) is 24.0 Å². The topological polar surface area (TPSA) is 97.8 Å². The number of nitrogen functional groups attached to an aromatic ring is 1. The van der Waals surface area contributed by atoms with Gasteiger partial charge in [0.25, 0.3) is 0 Å². The molecule has 1 fully saturated rings. The molecule has 4 unspecified atom stereocenters. The van der Waals surface area contributed by atoms with Crippen molar-refractivity contribution in [2.24, 2.45) is 0 Å². The molecular formula is C17H19F3N3O5P. The number of nitrogens with two attached hydrogens (primary N) is 1. The van der Waals surface area contributed by atoms with Crippen molar-refractivity contribution >= 4 is 14.4 Å². The molecule has 0 saturated carbocycles. The van der Waals surface area contributed by atoms with Crippen LogP contribution in [-0.2, 0) is 20.4 Å². The van der Waals surface area contributed by atoms with Crippen LogP contribution in [0.4, 0.5) is 19.0 Å². The summed E-state index contributed by atoms with van der Waals surface area (Å²) in [5.74, 6) is 0.807. The minimum Gasteiger partial charge on any atom is -0.426 e. The molecule has 2 aliphatic heterocycles. The number of ether oxygens (including phenoxy) is 1. The maximum absolute atomic E-state index is 14.3. The molecule has 2 aromatic rings. The summed E-state index contributed by atoms with van der Waals surface area (Å²) >= 11 is 0. The summed E-state index contributed by atoms with van der Waals surface area (Å²) in [7, 11) is -1.62. The van der Waals surface area contributed by atoms with Crippen LogP contribution in [0.15, 0.2) is 41.3 Å². The van der Waals surface area contributed by atoms with E-state index < -0.39 is 39.7 Å². The highest BCUT2D eigenvalue weighted by molar-refractivity contribution is 7.42. The molecule has 12 heteroatoms. The molecule has 0 bridgehead atoms. The maximum atomic E-state index is 14.3. The third-order valence-electron chi connectivity index (χ3n) is 4.14. The predicted molar refractivity (Wildman–Crippen MR) is 98.1 cm³/mol. The zero-order valence-electron chi connectivity index (χ0n) is 15.1. The number of hydrogen-bond acceptors (Lipinski definition) is 7. The van der Waals surface area contributed by atoms with E-state index in [1.807, 2.05) is 24.3 Å². The molecule has 0 amide bonds. The van der Waals surface area contributed by atoms with Crippen molar-refractivity contribution in [3.8, 4) is 5.75 Å². The number of nitrogens with zero attached hydrogens (tertiary/aromatic N) is 2. The molecule has 0 radical (unpaired) electrons. The van der Waals surface area contributed by atoms with Crippen molar-refractivity contribution in [1.29, 1.82) is 0 Å². The summed E-state index contributed by atoms with van der Waals surface area (Å²) in [6.45, 7) is -1.41. The Morgan fingerprint density at radius 3 is 2.83 bits per heavy atom. The Labute approximate surface area is 165 Å². The van der Waals surface area contributed by atoms with Gasteiger partial charge >= 0.3 is 14.3 Å². The van der Waals surface area contributed by atoms with Crippen LogP contribution in [0, 0.1) is 0 Å². The van der Waals surface area contributed by atoms with Crippen LogP contribution in [0.2, 0.25) is 0 Å². The van der Waals surface area contributed by atoms with Gasteiger partial charge in [0, 0.05) is 18.2 Å². The second-order valence-electron chi connectivity index (χ2n) is 6.02. The largest absolute Gasteiger partial charge is 0.426 e. The minimum absolute atomic E-state index is 0.0298. The van der Waals surface area contributed by atoms with Crippen molar-refractivity contribution in [3.05, 3.63) is 52.6 Å². The first kappa shape index (κ1) is 21.5. The molecule has 158 valence electrons. The second kappa shape index (κ2) is 10.0. The maximum Gasteiger partial charge on any atom is 0.397 e. The number of fused-ring (bicyclic) bond motifs is 1. The fourth-order valence-electron chi connectivity index (χ4n) is 2.79. The van der Waals surface area contributed by atoms with E-state index in [2.05, 4.69) is 4.98 Å². The smallest absolute Gasteiger partial charge is 0.397 e. The van der Waals surface area contributed by atoms with E-state index in [1.54, 1.807) is 0 Å². The van der Waals surface area contributed by atoms with E-state index in [9.17, 15) is 18.0 Å². The Bertz CT molecular complexity index is 874. The van der Waals surface area contributed by atoms with Crippen LogP contribution >= 0.6 is 8.60 Å². The van der Waals surface area contributed by atoms with Gasteiger partial charge in [-0.25, -0.2) is 18.0 Å². The van der Waals surface area contributed by atoms with Gasteiger partial charge in [-0.3, -0.25) is 13.6 Å². The predicted octanol–water partition coefficient (Wildman–Crippen LogP) is 3.19. The van der Waals surface area contributed by atoms with Crippen LogP contribution in [-0.4, -0.2) is 35.4 Å². The lowest BCUT2D eigenvalue weighted by Gasteiger charge is -2.24. The zero-order chi connectivity index (χ0) is 20.8. The summed E-state index contributed by atoms with van der Waals surface area (Å²) in [4.78, 5) is 15.5. The highest BCUT2D eigenvalue weighted by Crippen LogP contribution is 2.47. The second-order valence-corrected chi connectivity index (χ2v) is 7.16. The van der Waals surface area contributed by atoms with Gasteiger partial charge in [0.2, 0.25) is 6.93 Å². The Hall–Kier alpha value is -2.20. The van der Waals surface area contributed by atoms with Gasteiger partial charge in [-0.1, -0.05) is 18.2 Å². The van der Waals surface area contributed by atoms with E-state index in [0.717, 1.165) is 5.56 Å². The highest BCUT2D eigenvalue weighted by atomic mass is 31.2. The van der Waals surface area contributed by atoms with Crippen molar-refractivity contribution in [1.82, 2.24) is 9.55 Å². The van der Waals surface area contributed by atoms with Crippen molar-refractivity contribution < 1.29 is 31.5 Å².